The highest BCUT2D eigenvalue weighted by molar-refractivity contribution is 5.68. The van der Waals surface area contributed by atoms with Crippen LogP contribution in [0.5, 0.6) is 0 Å². The van der Waals surface area contributed by atoms with Gasteiger partial charge in [-0.1, -0.05) is 17.3 Å². The minimum Gasteiger partial charge on any atom is -0.447 e. The van der Waals surface area contributed by atoms with Gasteiger partial charge in [0, 0.05) is 18.6 Å². The molecule has 2 aliphatic rings. The quantitative estimate of drug-likeness (QED) is 0.812. The molecule has 1 saturated carbocycles. The summed E-state index contributed by atoms with van der Waals surface area (Å²) in [7, 11) is 1.57. The van der Waals surface area contributed by atoms with Crippen molar-refractivity contribution in [1.29, 1.82) is 0 Å². The summed E-state index contributed by atoms with van der Waals surface area (Å²) in [5.41, 5.74) is 3.29. The first kappa shape index (κ1) is 16.1. The summed E-state index contributed by atoms with van der Waals surface area (Å²) >= 11 is 0. The maximum atomic E-state index is 11.8. The predicted molar refractivity (Wildman–Crippen MR) is 89.1 cm³/mol. The second-order valence-corrected chi connectivity index (χ2v) is 6.51. The Morgan fingerprint density at radius 2 is 2.20 bits per heavy atom. The fourth-order valence-electron chi connectivity index (χ4n) is 3.16. The van der Waals surface area contributed by atoms with Crippen LogP contribution < -0.4 is 5.32 Å². The summed E-state index contributed by atoms with van der Waals surface area (Å²) in [5, 5.41) is 7.01. The molecule has 0 unspecified atom stereocenters. The van der Waals surface area contributed by atoms with Gasteiger partial charge in [-0.05, 0) is 42.9 Å². The van der Waals surface area contributed by atoms with E-state index < -0.39 is 6.09 Å². The van der Waals surface area contributed by atoms with Gasteiger partial charge in [0.05, 0.1) is 12.6 Å². The van der Waals surface area contributed by atoms with Gasteiger partial charge in [-0.2, -0.15) is 4.98 Å². The van der Waals surface area contributed by atoms with Crippen molar-refractivity contribution in [2.45, 2.75) is 37.6 Å². The average molecular weight is 343 g/mol. The predicted octanol–water partition coefficient (Wildman–Crippen LogP) is 2.97. The minimum atomic E-state index is -0.411. The number of fused-ring (bicyclic) bond motifs is 1. The number of amides is 1. The number of nitrogens with one attached hydrogen (secondary N) is 1. The number of hydrogen-bond acceptors (Lipinski definition) is 6. The van der Waals surface area contributed by atoms with Crippen LogP contribution in [-0.4, -0.2) is 36.6 Å². The van der Waals surface area contributed by atoms with Gasteiger partial charge < -0.3 is 19.3 Å². The molecule has 1 amide bonds. The van der Waals surface area contributed by atoms with E-state index in [9.17, 15) is 4.79 Å². The Kier molecular flexibility index (Phi) is 4.40. The third-order valence-corrected chi connectivity index (χ3v) is 4.66. The maximum absolute atomic E-state index is 11.8. The highest BCUT2D eigenvalue weighted by Crippen LogP contribution is 2.40. The summed E-state index contributed by atoms with van der Waals surface area (Å²) in [4.78, 5) is 16.3. The molecule has 1 fully saturated rings. The van der Waals surface area contributed by atoms with Crippen LogP contribution in [0.4, 0.5) is 4.79 Å². The van der Waals surface area contributed by atoms with Crippen molar-refractivity contribution in [3.05, 3.63) is 35.2 Å². The fraction of sp³-hybridized carbons (Fsp3) is 0.500. The standard InChI is InChI=1S/C18H21N3O4/c1-23-8-9-24-18(22)19-15-7-5-12-10-13(4-6-14(12)15)16-20-17(25-21-16)11-2-3-11/h4,6,10-11,15H,2-3,5,7-9H2,1H3,(H,19,22)/t15-/m1/s1. The molecular formula is C18H21N3O4. The van der Waals surface area contributed by atoms with Crippen LogP contribution in [0, 0.1) is 0 Å². The number of nitrogens with zero attached hydrogens (tertiary/aromatic N) is 2. The monoisotopic (exact) mass is 343 g/mol. The number of benzene rings is 1. The van der Waals surface area contributed by atoms with E-state index in [0.717, 1.165) is 42.7 Å². The molecule has 1 atom stereocenters. The molecule has 0 spiro atoms. The number of carbonyl (C=O) groups is 1. The van der Waals surface area contributed by atoms with E-state index in [0.29, 0.717) is 18.3 Å². The van der Waals surface area contributed by atoms with Crippen LogP contribution >= 0.6 is 0 Å². The Hall–Kier alpha value is -2.41. The molecule has 1 aromatic carbocycles. The van der Waals surface area contributed by atoms with Crippen LogP contribution in [0.25, 0.3) is 11.4 Å². The van der Waals surface area contributed by atoms with Gasteiger partial charge in [0.1, 0.15) is 6.61 Å². The lowest BCUT2D eigenvalue weighted by Gasteiger charge is -2.14. The average Bonchev–Trinajstić information content (AvgIpc) is 3.22. The maximum Gasteiger partial charge on any atom is 0.407 e. The number of aromatic nitrogens is 2. The SMILES string of the molecule is COCCOC(=O)N[C@@H]1CCc2cc(-c3noc(C4CC4)n3)ccc21. The Labute approximate surface area is 145 Å². The molecule has 0 bridgehead atoms. The number of ether oxygens (including phenoxy) is 2. The Morgan fingerprint density at radius 3 is 3.00 bits per heavy atom. The van der Waals surface area contributed by atoms with Crippen LogP contribution in [0.15, 0.2) is 22.7 Å². The number of hydrogen-bond donors (Lipinski definition) is 1. The summed E-state index contributed by atoms with van der Waals surface area (Å²) in [6.07, 6.45) is 3.63. The fourth-order valence-corrected chi connectivity index (χ4v) is 3.16. The molecule has 7 heteroatoms. The van der Waals surface area contributed by atoms with Crippen molar-refractivity contribution in [2.24, 2.45) is 0 Å². The van der Waals surface area contributed by atoms with Crippen molar-refractivity contribution in [1.82, 2.24) is 15.5 Å². The zero-order valence-electron chi connectivity index (χ0n) is 14.2. The number of alkyl carbamates (subject to hydrolysis) is 1. The molecule has 132 valence electrons. The number of rotatable bonds is 6. The molecule has 2 aromatic rings. The van der Waals surface area contributed by atoms with Crippen LogP contribution in [0.1, 0.15) is 48.2 Å². The molecule has 1 heterocycles. The van der Waals surface area contributed by atoms with Crippen LogP contribution in [0.2, 0.25) is 0 Å². The van der Waals surface area contributed by atoms with E-state index >= 15 is 0 Å². The number of methoxy groups -OCH3 is 1. The lowest BCUT2D eigenvalue weighted by molar-refractivity contribution is 0.0964. The molecule has 0 radical (unpaired) electrons. The summed E-state index contributed by atoms with van der Waals surface area (Å²) in [6, 6.07) is 6.09. The first-order valence-electron chi connectivity index (χ1n) is 8.63. The van der Waals surface area contributed by atoms with Crippen molar-refractivity contribution in [2.75, 3.05) is 20.3 Å². The van der Waals surface area contributed by atoms with E-state index in [4.69, 9.17) is 14.0 Å². The Bertz CT molecular complexity index is 769. The molecule has 0 saturated heterocycles. The molecule has 7 nitrogen and oxygen atoms in total. The zero-order valence-corrected chi connectivity index (χ0v) is 14.2. The van der Waals surface area contributed by atoms with Gasteiger partial charge in [-0.3, -0.25) is 0 Å². The second-order valence-electron chi connectivity index (χ2n) is 6.51. The van der Waals surface area contributed by atoms with Gasteiger partial charge in [0.25, 0.3) is 0 Å². The highest BCUT2D eigenvalue weighted by atomic mass is 16.6. The lowest BCUT2D eigenvalue weighted by Crippen LogP contribution is -2.28. The smallest absolute Gasteiger partial charge is 0.407 e. The van der Waals surface area contributed by atoms with Gasteiger partial charge in [0.2, 0.25) is 11.7 Å². The Balaban J connectivity index is 1.43. The molecule has 2 aliphatic carbocycles. The van der Waals surface area contributed by atoms with E-state index in [1.807, 2.05) is 12.1 Å². The second kappa shape index (κ2) is 6.84. The van der Waals surface area contributed by atoms with Crippen LogP contribution in [0.3, 0.4) is 0 Å². The largest absolute Gasteiger partial charge is 0.447 e. The highest BCUT2D eigenvalue weighted by Gasteiger charge is 2.30. The van der Waals surface area contributed by atoms with Gasteiger partial charge >= 0.3 is 6.09 Å². The Morgan fingerprint density at radius 1 is 1.32 bits per heavy atom. The summed E-state index contributed by atoms with van der Waals surface area (Å²) in [6.45, 7) is 0.646. The molecule has 1 aromatic heterocycles. The van der Waals surface area contributed by atoms with E-state index in [1.54, 1.807) is 7.11 Å². The third-order valence-electron chi connectivity index (χ3n) is 4.66. The summed E-state index contributed by atoms with van der Waals surface area (Å²) < 4.78 is 15.3. The van der Waals surface area contributed by atoms with Crippen molar-refractivity contribution in [3.63, 3.8) is 0 Å². The lowest BCUT2D eigenvalue weighted by atomic mass is 10.0. The summed E-state index contributed by atoms with van der Waals surface area (Å²) in [5.74, 6) is 1.84. The molecule has 4 rings (SSSR count). The van der Waals surface area contributed by atoms with E-state index in [2.05, 4.69) is 21.5 Å². The van der Waals surface area contributed by atoms with Crippen molar-refractivity contribution >= 4 is 6.09 Å². The molecule has 25 heavy (non-hydrogen) atoms. The topological polar surface area (TPSA) is 86.5 Å². The van der Waals surface area contributed by atoms with Gasteiger partial charge in [0.15, 0.2) is 0 Å². The normalized spacial score (nSPS) is 18.8. The number of carbonyl (C=O) groups excluding carboxylic acids is 1. The minimum absolute atomic E-state index is 0.0219. The number of aryl methyl sites for hydroxylation is 1. The van der Waals surface area contributed by atoms with Crippen LogP contribution in [-0.2, 0) is 15.9 Å². The van der Waals surface area contributed by atoms with E-state index in [1.165, 1.54) is 5.56 Å². The first-order valence-corrected chi connectivity index (χ1v) is 8.63. The molecule has 0 aliphatic heterocycles. The van der Waals surface area contributed by atoms with E-state index in [-0.39, 0.29) is 12.6 Å². The van der Waals surface area contributed by atoms with Crippen molar-refractivity contribution in [3.8, 4) is 11.4 Å². The molecule has 1 N–H and O–H groups in total. The third kappa shape index (κ3) is 3.51. The first-order chi connectivity index (χ1) is 12.2. The van der Waals surface area contributed by atoms with Gasteiger partial charge in [-0.15, -0.1) is 0 Å². The van der Waals surface area contributed by atoms with Crippen molar-refractivity contribution < 1.29 is 18.8 Å². The molecular weight excluding hydrogens is 322 g/mol. The van der Waals surface area contributed by atoms with Gasteiger partial charge in [-0.25, -0.2) is 4.79 Å². The zero-order chi connectivity index (χ0) is 17.2.